The Balaban J connectivity index is 0.000000770. The normalized spacial score (nSPS) is 27.9. The Morgan fingerprint density at radius 1 is 1.00 bits per heavy atom. The van der Waals surface area contributed by atoms with Gasteiger partial charge in [0.25, 0.3) is 0 Å². The number of rotatable bonds is 5. The van der Waals surface area contributed by atoms with Crippen LogP contribution in [0.3, 0.4) is 0 Å². The van der Waals surface area contributed by atoms with Crippen molar-refractivity contribution >= 4 is 0 Å². The molecule has 1 saturated carbocycles. The zero-order valence-corrected chi connectivity index (χ0v) is 12.4. The predicted octanol–water partition coefficient (Wildman–Crippen LogP) is 6.00. The SMILES string of the molecule is C=CC.CC/C=C\CC1C(CC)CCC1CC. The van der Waals surface area contributed by atoms with E-state index < -0.39 is 0 Å². The van der Waals surface area contributed by atoms with Crippen LogP contribution in [0.15, 0.2) is 24.8 Å². The molecule has 100 valence electrons. The Morgan fingerprint density at radius 3 is 1.82 bits per heavy atom. The second-order valence-electron chi connectivity index (χ2n) is 5.10. The fourth-order valence-corrected chi connectivity index (χ4v) is 3.06. The van der Waals surface area contributed by atoms with Gasteiger partial charge in [0, 0.05) is 0 Å². The van der Waals surface area contributed by atoms with Gasteiger partial charge in [-0.15, -0.1) is 6.58 Å². The number of hydrogen-bond acceptors (Lipinski definition) is 0. The van der Waals surface area contributed by atoms with E-state index in [1.54, 1.807) is 6.08 Å². The zero-order valence-electron chi connectivity index (χ0n) is 12.4. The molecule has 0 bridgehead atoms. The molecule has 0 aromatic heterocycles. The Bertz CT molecular complexity index is 190. The third kappa shape index (κ3) is 6.10. The Kier molecular flexibility index (Phi) is 10.3. The first-order valence-corrected chi connectivity index (χ1v) is 7.46. The Morgan fingerprint density at radius 2 is 1.47 bits per heavy atom. The van der Waals surface area contributed by atoms with Gasteiger partial charge in [0.1, 0.15) is 0 Å². The molecule has 17 heavy (non-hydrogen) atoms. The lowest BCUT2D eigenvalue weighted by molar-refractivity contribution is 0.300. The zero-order chi connectivity index (χ0) is 13.1. The Hall–Kier alpha value is -0.520. The first-order chi connectivity index (χ1) is 8.24. The van der Waals surface area contributed by atoms with Gasteiger partial charge in [-0.3, -0.25) is 0 Å². The summed E-state index contributed by atoms with van der Waals surface area (Å²) in [5, 5.41) is 0. The maximum Gasteiger partial charge on any atom is -0.0317 e. The van der Waals surface area contributed by atoms with Crippen LogP contribution in [0, 0.1) is 17.8 Å². The van der Waals surface area contributed by atoms with Crippen LogP contribution in [0.1, 0.15) is 66.2 Å². The molecule has 0 radical (unpaired) electrons. The minimum atomic E-state index is 0.993. The summed E-state index contributed by atoms with van der Waals surface area (Å²) in [6, 6.07) is 0. The van der Waals surface area contributed by atoms with E-state index in [9.17, 15) is 0 Å². The predicted molar refractivity (Wildman–Crippen MR) is 80.2 cm³/mol. The van der Waals surface area contributed by atoms with Gasteiger partial charge in [0.2, 0.25) is 0 Å². The molecule has 2 unspecified atom stereocenters. The van der Waals surface area contributed by atoms with Crippen molar-refractivity contribution in [2.45, 2.75) is 66.2 Å². The van der Waals surface area contributed by atoms with Crippen LogP contribution >= 0.6 is 0 Å². The maximum absolute atomic E-state index is 3.36. The van der Waals surface area contributed by atoms with Crippen molar-refractivity contribution in [3.8, 4) is 0 Å². The van der Waals surface area contributed by atoms with Crippen LogP contribution in [0.4, 0.5) is 0 Å². The summed E-state index contributed by atoms with van der Waals surface area (Å²) in [7, 11) is 0. The van der Waals surface area contributed by atoms with Gasteiger partial charge >= 0.3 is 0 Å². The van der Waals surface area contributed by atoms with Gasteiger partial charge in [-0.1, -0.05) is 51.8 Å². The third-order valence-corrected chi connectivity index (χ3v) is 3.98. The molecule has 0 amide bonds. The maximum atomic E-state index is 3.36. The smallest absolute Gasteiger partial charge is 0.0317 e. The van der Waals surface area contributed by atoms with Crippen molar-refractivity contribution in [2.24, 2.45) is 17.8 Å². The van der Waals surface area contributed by atoms with Crippen molar-refractivity contribution in [3.63, 3.8) is 0 Å². The van der Waals surface area contributed by atoms with Crippen LogP contribution in [0.5, 0.6) is 0 Å². The fourth-order valence-electron chi connectivity index (χ4n) is 3.06. The molecule has 1 aliphatic rings. The van der Waals surface area contributed by atoms with Gasteiger partial charge in [-0.2, -0.15) is 0 Å². The summed E-state index contributed by atoms with van der Waals surface area (Å²) in [6.45, 7) is 12.2. The Labute approximate surface area is 109 Å². The second kappa shape index (κ2) is 10.6. The molecule has 0 nitrogen and oxygen atoms in total. The molecule has 0 spiro atoms. The van der Waals surface area contributed by atoms with Crippen molar-refractivity contribution in [3.05, 3.63) is 24.8 Å². The standard InChI is InChI=1S/C14H26.C3H6/c1-4-7-8-9-14-12(5-2)10-11-13(14)6-3;1-3-2/h7-8,12-14H,4-6,9-11H2,1-3H3;3H,1H2,2H3/b8-7-;. The average molecular weight is 236 g/mol. The van der Waals surface area contributed by atoms with E-state index in [0.717, 1.165) is 17.8 Å². The molecular formula is C17H32. The summed E-state index contributed by atoms with van der Waals surface area (Å²) < 4.78 is 0. The van der Waals surface area contributed by atoms with Crippen molar-refractivity contribution in [1.82, 2.24) is 0 Å². The lowest BCUT2D eigenvalue weighted by Crippen LogP contribution is -2.13. The molecule has 0 N–H and O–H groups in total. The highest BCUT2D eigenvalue weighted by molar-refractivity contribution is 4.91. The van der Waals surface area contributed by atoms with Crippen molar-refractivity contribution < 1.29 is 0 Å². The van der Waals surface area contributed by atoms with Crippen molar-refractivity contribution in [2.75, 3.05) is 0 Å². The minimum absolute atomic E-state index is 0.993. The van der Waals surface area contributed by atoms with Crippen molar-refractivity contribution in [1.29, 1.82) is 0 Å². The quantitative estimate of drug-likeness (QED) is 0.514. The summed E-state index contributed by atoms with van der Waals surface area (Å²) >= 11 is 0. The van der Waals surface area contributed by atoms with Crippen LogP contribution in [-0.2, 0) is 0 Å². The molecule has 1 fully saturated rings. The van der Waals surface area contributed by atoms with E-state index in [1.165, 1.54) is 38.5 Å². The van der Waals surface area contributed by atoms with Crippen LogP contribution in [-0.4, -0.2) is 0 Å². The molecule has 0 heterocycles. The largest absolute Gasteiger partial charge is 0.103 e. The van der Waals surface area contributed by atoms with Crippen LogP contribution in [0.2, 0.25) is 0 Å². The molecule has 0 aromatic rings. The first kappa shape index (κ1) is 16.5. The molecule has 0 aliphatic heterocycles. The van der Waals surface area contributed by atoms with Gasteiger partial charge in [-0.25, -0.2) is 0 Å². The molecule has 2 atom stereocenters. The van der Waals surface area contributed by atoms with E-state index in [1.807, 2.05) is 6.92 Å². The van der Waals surface area contributed by atoms with E-state index in [0.29, 0.717) is 0 Å². The van der Waals surface area contributed by atoms with E-state index >= 15 is 0 Å². The third-order valence-electron chi connectivity index (χ3n) is 3.98. The second-order valence-corrected chi connectivity index (χ2v) is 5.10. The average Bonchev–Trinajstić information content (AvgIpc) is 2.73. The van der Waals surface area contributed by atoms with Crippen LogP contribution < -0.4 is 0 Å². The lowest BCUT2D eigenvalue weighted by Gasteiger charge is -2.22. The molecule has 1 aliphatic carbocycles. The van der Waals surface area contributed by atoms with E-state index in [4.69, 9.17) is 0 Å². The fraction of sp³-hybridized carbons (Fsp3) is 0.765. The van der Waals surface area contributed by atoms with Gasteiger partial charge < -0.3 is 0 Å². The number of hydrogen-bond donors (Lipinski definition) is 0. The van der Waals surface area contributed by atoms with Gasteiger partial charge in [0.15, 0.2) is 0 Å². The molecular weight excluding hydrogens is 204 g/mol. The van der Waals surface area contributed by atoms with E-state index in [-0.39, 0.29) is 0 Å². The summed E-state index contributed by atoms with van der Waals surface area (Å²) in [4.78, 5) is 0. The van der Waals surface area contributed by atoms with Gasteiger partial charge in [-0.05, 0) is 50.4 Å². The first-order valence-electron chi connectivity index (χ1n) is 7.46. The summed E-state index contributed by atoms with van der Waals surface area (Å²) in [5.41, 5.74) is 0. The topological polar surface area (TPSA) is 0 Å². The molecule has 0 aromatic carbocycles. The summed E-state index contributed by atoms with van der Waals surface area (Å²) in [5.74, 6) is 3.02. The lowest BCUT2D eigenvalue weighted by atomic mass is 9.84. The monoisotopic (exact) mass is 236 g/mol. The minimum Gasteiger partial charge on any atom is -0.103 e. The summed E-state index contributed by atoms with van der Waals surface area (Å²) in [6.07, 6.45) is 14.8. The van der Waals surface area contributed by atoms with E-state index in [2.05, 4.69) is 39.5 Å². The highest BCUT2D eigenvalue weighted by atomic mass is 14.4. The highest BCUT2D eigenvalue weighted by Crippen LogP contribution is 2.42. The van der Waals surface area contributed by atoms with Crippen LogP contribution in [0.25, 0.3) is 0 Å². The van der Waals surface area contributed by atoms with Gasteiger partial charge in [0.05, 0.1) is 0 Å². The molecule has 1 rings (SSSR count). The molecule has 0 saturated heterocycles. The molecule has 0 heteroatoms. The number of allylic oxidation sites excluding steroid dienone is 3. The highest BCUT2D eigenvalue weighted by Gasteiger charge is 2.32.